The molecule has 0 aromatic carbocycles. The minimum atomic E-state index is -4.53. The molecule has 2 atom stereocenters. The second kappa shape index (κ2) is 9.07. The van der Waals surface area contributed by atoms with E-state index in [4.69, 9.17) is 9.79 Å². The molecule has 0 radical (unpaired) electrons. The Labute approximate surface area is 127 Å². The zero-order valence-electron chi connectivity index (χ0n) is 13.3. The van der Waals surface area contributed by atoms with E-state index >= 15 is 0 Å². The van der Waals surface area contributed by atoms with E-state index in [1.54, 1.807) is 0 Å². The third kappa shape index (κ3) is 10.2. The van der Waals surface area contributed by atoms with Gasteiger partial charge in [-0.3, -0.25) is 9.13 Å². The molecule has 0 saturated heterocycles. The minimum absolute atomic E-state index is 0.0618. The van der Waals surface area contributed by atoms with E-state index in [2.05, 4.69) is 19.9 Å². The van der Waals surface area contributed by atoms with Gasteiger partial charge in [0.15, 0.2) is 0 Å². The first-order valence-electron chi connectivity index (χ1n) is 7.08. The molecule has 124 valence electrons. The maximum absolute atomic E-state index is 11.5. The van der Waals surface area contributed by atoms with Gasteiger partial charge in [0.25, 0.3) is 0 Å². The van der Waals surface area contributed by atoms with Crippen LogP contribution in [0.5, 0.6) is 0 Å². The molecule has 0 aliphatic heterocycles. The third-order valence-corrected chi connectivity index (χ3v) is 7.78. The maximum Gasteiger partial charge on any atom is 0.338 e. The van der Waals surface area contributed by atoms with E-state index in [9.17, 15) is 14.0 Å². The molecule has 0 amide bonds. The van der Waals surface area contributed by atoms with E-state index in [1.165, 1.54) is 11.1 Å². The molecule has 0 saturated carbocycles. The summed E-state index contributed by atoms with van der Waals surface area (Å²) in [5, 5.41) is -1.44. The molecule has 0 spiro atoms. The maximum atomic E-state index is 11.5. The molecule has 5 nitrogen and oxygen atoms in total. The number of hydrogen-bond acceptors (Lipinski definition) is 2. The largest absolute Gasteiger partial charge is 0.344 e. The molecule has 2 unspecified atom stereocenters. The summed E-state index contributed by atoms with van der Waals surface area (Å²) in [6.45, 7) is 7.14. The Hall–Kier alpha value is -0.180. The molecule has 3 N–H and O–H groups in total. The van der Waals surface area contributed by atoms with Crippen molar-refractivity contribution in [2.45, 2.75) is 58.3 Å². The van der Waals surface area contributed by atoms with Gasteiger partial charge < -0.3 is 14.7 Å². The van der Waals surface area contributed by atoms with Gasteiger partial charge in [0, 0.05) is 6.66 Å². The monoisotopic (exact) mass is 338 g/mol. The van der Waals surface area contributed by atoms with Crippen molar-refractivity contribution in [1.82, 2.24) is 0 Å². The van der Waals surface area contributed by atoms with Crippen LogP contribution in [0.25, 0.3) is 0 Å². The summed E-state index contributed by atoms with van der Waals surface area (Å²) in [4.78, 5) is 27.7. The smallest absolute Gasteiger partial charge is 0.338 e. The molecule has 7 heteroatoms. The van der Waals surface area contributed by atoms with E-state index in [0.29, 0.717) is 12.8 Å². The van der Waals surface area contributed by atoms with Crippen molar-refractivity contribution in [3.63, 3.8) is 0 Å². The van der Waals surface area contributed by atoms with Gasteiger partial charge in [-0.05, 0) is 52.9 Å². The minimum Gasteiger partial charge on any atom is -0.344 e. The van der Waals surface area contributed by atoms with Gasteiger partial charge in [0.1, 0.15) is 5.40 Å². The Kier molecular flexibility index (Phi) is 8.99. The first-order chi connectivity index (χ1) is 9.44. The summed E-state index contributed by atoms with van der Waals surface area (Å²) in [6, 6.07) is 0. The molecule has 0 aromatic heterocycles. The fraction of sp³-hybridized carbons (Fsp3) is 0.714. The van der Waals surface area contributed by atoms with E-state index in [-0.39, 0.29) is 6.42 Å². The van der Waals surface area contributed by atoms with Crippen LogP contribution < -0.4 is 0 Å². The number of allylic oxidation sites excluding steroid dienone is 4. The second-order valence-electron chi connectivity index (χ2n) is 5.81. The Morgan fingerprint density at radius 3 is 2.05 bits per heavy atom. The highest BCUT2D eigenvalue weighted by Crippen LogP contribution is 2.61. The first-order valence-corrected chi connectivity index (χ1v) is 10.9. The highest BCUT2D eigenvalue weighted by atomic mass is 31.2. The molecule has 0 rings (SSSR count). The SMILES string of the molecule is CC(C)=CCC/C(C)=C\CCCC(P(C)(=O)O)P(=O)(O)O. The zero-order chi connectivity index (χ0) is 16.7. The van der Waals surface area contributed by atoms with Crippen molar-refractivity contribution in [3.05, 3.63) is 23.3 Å². The summed E-state index contributed by atoms with van der Waals surface area (Å²) in [5.74, 6) is 0. The normalized spacial score (nSPS) is 17.2. The molecule has 0 aromatic rings. The average Bonchev–Trinajstić information content (AvgIpc) is 2.24. The van der Waals surface area contributed by atoms with Crippen LogP contribution >= 0.6 is 15.0 Å². The molecule has 0 fully saturated rings. The predicted molar refractivity (Wildman–Crippen MR) is 87.9 cm³/mol. The van der Waals surface area contributed by atoms with E-state index in [1.807, 2.05) is 13.0 Å². The van der Waals surface area contributed by atoms with Crippen molar-refractivity contribution in [1.29, 1.82) is 0 Å². The van der Waals surface area contributed by atoms with Gasteiger partial charge in [0.05, 0.1) is 0 Å². The van der Waals surface area contributed by atoms with Gasteiger partial charge in [-0.2, -0.15) is 0 Å². The van der Waals surface area contributed by atoms with Gasteiger partial charge in [-0.1, -0.05) is 23.3 Å². The Morgan fingerprint density at radius 1 is 1.05 bits per heavy atom. The third-order valence-electron chi connectivity index (χ3n) is 3.19. The zero-order valence-corrected chi connectivity index (χ0v) is 15.1. The quantitative estimate of drug-likeness (QED) is 0.332. The summed E-state index contributed by atoms with van der Waals surface area (Å²) in [5.41, 5.74) is 2.51. The summed E-state index contributed by atoms with van der Waals surface area (Å²) in [7, 11) is -8.31. The lowest BCUT2D eigenvalue weighted by molar-refractivity contribution is 0.360. The van der Waals surface area contributed by atoms with Crippen LogP contribution in [0.2, 0.25) is 0 Å². The summed E-state index contributed by atoms with van der Waals surface area (Å²) in [6.07, 6.45) is 7.36. The number of hydrogen-bond donors (Lipinski definition) is 3. The second-order valence-corrected chi connectivity index (χ2v) is 10.5. The summed E-state index contributed by atoms with van der Waals surface area (Å²) >= 11 is 0. The highest BCUT2D eigenvalue weighted by Gasteiger charge is 2.39. The van der Waals surface area contributed by atoms with Crippen molar-refractivity contribution in [3.8, 4) is 0 Å². The molecular weight excluding hydrogens is 310 g/mol. The lowest BCUT2D eigenvalue weighted by atomic mass is 10.1. The van der Waals surface area contributed by atoms with Gasteiger partial charge in [-0.25, -0.2) is 0 Å². The number of rotatable bonds is 9. The van der Waals surface area contributed by atoms with Gasteiger partial charge >= 0.3 is 7.60 Å². The number of unbranched alkanes of at least 4 members (excludes halogenated alkanes) is 1. The fourth-order valence-corrected chi connectivity index (χ4v) is 5.44. The van der Waals surface area contributed by atoms with Crippen LogP contribution in [0.15, 0.2) is 23.3 Å². The standard InChI is InChI=1S/C14H28O5P2/c1-12(2)8-7-10-13(3)9-5-6-11-14(20(4,15)16)21(17,18)19/h8-9,14H,5-7,10-11H2,1-4H3,(H,15,16)(H2,17,18,19)/b13-9-. The Morgan fingerprint density at radius 2 is 1.62 bits per heavy atom. The lowest BCUT2D eigenvalue weighted by Crippen LogP contribution is -2.08. The van der Waals surface area contributed by atoms with Crippen LogP contribution in [0.4, 0.5) is 0 Å². The summed E-state index contributed by atoms with van der Waals surface area (Å²) < 4.78 is 22.8. The topological polar surface area (TPSA) is 94.8 Å². The van der Waals surface area contributed by atoms with Crippen molar-refractivity contribution < 1.29 is 23.8 Å². The predicted octanol–water partition coefficient (Wildman–Crippen LogP) is 4.25. The van der Waals surface area contributed by atoms with Crippen LogP contribution in [-0.2, 0) is 9.13 Å². The van der Waals surface area contributed by atoms with E-state index < -0.39 is 20.4 Å². The van der Waals surface area contributed by atoms with Crippen LogP contribution in [0, 0.1) is 0 Å². The van der Waals surface area contributed by atoms with Crippen LogP contribution in [-0.4, -0.2) is 26.7 Å². The molecule has 0 heterocycles. The van der Waals surface area contributed by atoms with Crippen LogP contribution in [0.3, 0.4) is 0 Å². The molecule has 0 aliphatic carbocycles. The van der Waals surface area contributed by atoms with Crippen molar-refractivity contribution in [2.24, 2.45) is 0 Å². The average molecular weight is 338 g/mol. The Bertz CT molecular complexity index is 444. The molecule has 0 bridgehead atoms. The first kappa shape index (κ1) is 20.8. The van der Waals surface area contributed by atoms with Crippen molar-refractivity contribution in [2.75, 3.05) is 6.66 Å². The molecule has 21 heavy (non-hydrogen) atoms. The van der Waals surface area contributed by atoms with Crippen molar-refractivity contribution >= 4 is 15.0 Å². The van der Waals surface area contributed by atoms with Gasteiger partial charge in [0.2, 0.25) is 7.37 Å². The molecule has 0 aliphatic rings. The fourth-order valence-electron chi connectivity index (χ4n) is 2.03. The van der Waals surface area contributed by atoms with E-state index in [0.717, 1.165) is 19.5 Å². The van der Waals surface area contributed by atoms with Gasteiger partial charge in [-0.15, -0.1) is 0 Å². The lowest BCUT2D eigenvalue weighted by Gasteiger charge is -2.20. The highest BCUT2D eigenvalue weighted by molar-refractivity contribution is 7.73. The molecular formula is C14H28O5P2. The Balaban J connectivity index is 4.32. The van der Waals surface area contributed by atoms with Crippen LogP contribution in [0.1, 0.15) is 52.9 Å².